The van der Waals surface area contributed by atoms with E-state index < -0.39 is 0 Å². The summed E-state index contributed by atoms with van der Waals surface area (Å²) in [7, 11) is 0. The smallest absolute Gasteiger partial charge is 0.0429 e. The standard InChI is InChI=1S/4C12H18.2C11H17N/c2*1-9(2)11-5-7-12(8-6-11)10(3)4;1-9(2)11-6-5-7-12(8-11)10(3)4;1-9(2)11-7-5-6-8-12(11)10(3)4;2*1-8(2)10-5-6-11(9(3)4)12-7-10/h4*5-10H,1-4H3;2*5-9H,1-4H3. The normalized spacial score (nSPS) is 11.2. The molecule has 0 saturated heterocycles. The van der Waals surface area contributed by atoms with Crippen LogP contribution in [0, 0.1) is 0 Å². The van der Waals surface area contributed by atoms with E-state index in [1.54, 1.807) is 0 Å². The summed E-state index contributed by atoms with van der Waals surface area (Å²) in [5.74, 6) is 7.38. The number of aromatic nitrogens is 2. The summed E-state index contributed by atoms with van der Waals surface area (Å²) in [6.45, 7) is 53.2. The summed E-state index contributed by atoms with van der Waals surface area (Å²) in [6.07, 6.45) is 3.97. The largest absolute Gasteiger partial charge is 0.261 e. The molecule has 6 rings (SSSR count). The summed E-state index contributed by atoms with van der Waals surface area (Å²) in [5.41, 5.74) is 16.6. The number of nitrogens with zero attached hydrogens (tertiary/aromatic N) is 2. The van der Waals surface area contributed by atoms with Crippen molar-refractivity contribution in [2.24, 2.45) is 0 Å². The topological polar surface area (TPSA) is 25.8 Å². The van der Waals surface area contributed by atoms with Crippen LogP contribution in [0.15, 0.2) is 134 Å². The van der Waals surface area contributed by atoms with Crippen molar-refractivity contribution in [3.05, 3.63) is 201 Å². The summed E-state index contributed by atoms with van der Waals surface area (Å²) in [4.78, 5) is 8.80. The molecule has 0 atom stereocenters. The molecule has 0 spiro atoms. The van der Waals surface area contributed by atoms with Gasteiger partial charge in [0.2, 0.25) is 0 Å². The quantitative estimate of drug-likeness (QED) is 0.122. The lowest BCUT2D eigenvalue weighted by atomic mass is 9.91. The van der Waals surface area contributed by atoms with Crippen LogP contribution in [0.1, 0.15) is 304 Å². The van der Waals surface area contributed by atoms with E-state index in [0.717, 1.165) is 0 Å². The number of rotatable bonds is 12. The van der Waals surface area contributed by atoms with Crippen molar-refractivity contribution in [1.29, 1.82) is 0 Å². The summed E-state index contributed by atoms with van der Waals surface area (Å²) >= 11 is 0. The van der Waals surface area contributed by atoms with Gasteiger partial charge in [0.1, 0.15) is 0 Å². The molecule has 2 heteroatoms. The highest BCUT2D eigenvalue weighted by Gasteiger charge is 2.09. The van der Waals surface area contributed by atoms with Gasteiger partial charge in [-0.3, -0.25) is 9.97 Å². The third-order valence-corrected chi connectivity index (χ3v) is 13.2. The average molecular weight is 976 g/mol. The fraction of sp³-hybridized carbons (Fsp3) is 0.514. The van der Waals surface area contributed by atoms with Gasteiger partial charge >= 0.3 is 0 Å². The van der Waals surface area contributed by atoms with Gasteiger partial charge in [-0.15, -0.1) is 0 Å². The van der Waals surface area contributed by atoms with Gasteiger partial charge in [0.25, 0.3) is 0 Å². The second-order valence-corrected chi connectivity index (χ2v) is 23.5. The Morgan fingerprint density at radius 1 is 0.208 bits per heavy atom. The molecule has 396 valence electrons. The van der Waals surface area contributed by atoms with Crippen molar-refractivity contribution < 1.29 is 0 Å². The SMILES string of the molecule is CC(C)c1ccc(C(C)C)cc1.CC(C)c1ccc(C(C)C)cc1.CC(C)c1ccc(C(C)C)nc1.CC(C)c1ccc(C(C)C)nc1.CC(C)c1cccc(C(C)C)c1.CC(C)c1ccccc1C(C)C. The molecule has 6 aromatic rings. The molecule has 0 aliphatic heterocycles. The van der Waals surface area contributed by atoms with Gasteiger partial charge in [0, 0.05) is 23.8 Å². The molecule has 0 saturated carbocycles. The second-order valence-electron chi connectivity index (χ2n) is 23.5. The Bertz CT molecular complexity index is 1900. The molecule has 4 aromatic carbocycles. The first kappa shape index (κ1) is 65.2. The van der Waals surface area contributed by atoms with Crippen LogP contribution in [0.4, 0.5) is 0 Å². The molecule has 72 heavy (non-hydrogen) atoms. The molecule has 0 fully saturated rings. The van der Waals surface area contributed by atoms with Gasteiger partial charge in [-0.2, -0.15) is 0 Å². The molecular formula is C70H106N2. The Balaban J connectivity index is 0.000000432. The molecule has 2 nitrogen and oxygen atoms in total. The van der Waals surface area contributed by atoms with Crippen LogP contribution in [0.5, 0.6) is 0 Å². The van der Waals surface area contributed by atoms with Crippen molar-refractivity contribution in [1.82, 2.24) is 9.97 Å². The van der Waals surface area contributed by atoms with E-state index in [-0.39, 0.29) is 0 Å². The van der Waals surface area contributed by atoms with E-state index in [9.17, 15) is 0 Å². The van der Waals surface area contributed by atoms with E-state index in [4.69, 9.17) is 0 Å². The van der Waals surface area contributed by atoms with Crippen LogP contribution >= 0.6 is 0 Å². The predicted octanol–water partition coefficient (Wildman–Crippen LogP) is 22.4. The van der Waals surface area contributed by atoms with Gasteiger partial charge in [-0.05, 0) is 139 Å². The second kappa shape index (κ2) is 33.8. The minimum Gasteiger partial charge on any atom is -0.261 e. The zero-order valence-electron chi connectivity index (χ0n) is 50.5. The Morgan fingerprint density at radius 3 is 0.625 bits per heavy atom. The lowest BCUT2D eigenvalue weighted by Gasteiger charge is -2.14. The molecule has 2 heterocycles. The Morgan fingerprint density at radius 2 is 0.444 bits per heavy atom. The van der Waals surface area contributed by atoms with Crippen LogP contribution in [0.2, 0.25) is 0 Å². The molecular weight excluding hydrogens is 869 g/mol. The van der Waals surface area contributed by atoms with Crippen molar-refractivity contribution in [3.63, 3.8) is 0 Å². The van der Waals surface area contributed by atoms with Crippen molar-refractivity contribution in [2.45, 2.75) is 237 Å². The number of hydrogen-bond acceptors (Lipinski definition) is 2. The number of hydrogen-bond donors (Lipinski definition) is 0. The van der Waals surface area contributed by atoms with Crippen LogP contribution in [0.25, 0.3) is 0 Å². The van der Waals surface area contributed by atoms with E-state index in [2.05, 4.69) is 297 Å². The van der Waals surface area contributed by atoms with Gasteiger partial charge in [-0.1, -0.05) is 275 Å². The zero-order valence-corrected chi connectivity index (χ0v) is 50.5. The summed E-state index contributed by atoms with van der Waals surface area (Å²) in [6, 6.07) is 44.1. The van der Waals surface area contributed by atoms with Gasteiger partial charge in [0.15, 0.2) is 0 Å². The minimum absolute atomic E-state index is 0.534. The highest BCUT2D eigenvalue weighted by Crippen LogP contribution is 2.26. The fourth-order valence-corrected chi connectivity index (χ4v) is 7.57. The highest BCUT2D eigenvalue weighted by molar-refractivity contribution is 5.32. The van der Waals surface area contributed by atoms with Crippen molar-refractivity contribution in [3.8, 4) is 0 Å². The highest BCUT2D eigenvalue weighted by atomic mass is 14.7. The third-order valence-electron chi connectivity index (χ3n) is 13.2. The monoisotopic (exact) mass is 975 g/mol. The van der Waals surface area contributed by atoms with Crippen LogP contribution in [-0.4, -0.2) is 9.97 Å². The van der Waals surface area contributed by atoms with E-state index in [1.165, 1.54) is 67.0 Å². The molecule has 0 aliphatic carbocycles. The van der Waals surface area contributed by atoms with Crippen molar-refractivity contribution >= 4 is 0 Å². The molecule has 0 N–H and O–H groups in total. The summed E-state index contributed by atoms with van der Waals surface area (Å²) in [5, 5.41) is 0. The summed E-state index contributed by atoms with van der Waals surface area (Å²) < 4.78 is 0. The average Bonchev–Trinajstić information content (AvgIpc) is 3.35. The maximum atomic E-state index is 4.40. The van der Waals surface area contributed by atoms with Gasteiger partial charge in [-0.25, -0.2) is 0 Å². The molecule has 0 radical (unpaired) electrons. The van der Waals surface area contributed by atoms with E-state index in [1.807, 2.05) is 12.4 Å². The first-order chi connectivity index (χ1) is 33.7. The first-order valence-corrected chi connectivity index (χ1v) is 28.0. The fourth-order valence-electron chi connectivity index (χ4n) is 7.57. The minimum atomic E-state index is 0.534. The number of benzene rings is 4. The molecule has 2 aromatic heterocycles. The molecule has 0 bridgehead atoms. The predicted molar refractivity (Wildman–Crippen MR) is 323 cm³/mol. The van der Waals surface area contributed by atoms with Crippen LogP contribution in [-0.2, 0) is 0 Å². The molecule has 0 amide bonds. The van der Waals surface area contributed by atoms with Gasteiger partial charge in [0.05, 0.1) is 0 Å². The van der Waals surface area contributed by atoms with Crippen LogP contribution in [0.3, 0.4) is 0 Å². The van der Waals surface area contributed by atoms with E-state index >= 15 is 0 Å². The van der Waals surface area contributed by atoms with Gasteiger partial charge < -0.3 is 0 Å². The Labute approximate surface area is 445 Å². The Hall–Kier alpha value is -4.82. The lowest BCUT2D eigenvalue weighted by Crippen LogP contribution is -1.97. The number of pyridine rings is 2. The van der Waals surface area contributed by atoms with Crippen LogP contribution < -0.4 is 0 Å². The lowest BCUT2D eigenvalue weighted by molar-refractivity contribution is 0.790. The third kappa shape index (κ3) is 24.7. The Kier molecular flexibility index (Phi) is 30.6. The van der Waals surface area contributed by atoms with Crippen molar-refractivity contribution in [2.75, 3.05) is 0 Å². The maximum Gasteiger partial charge on any atom is 0.0429 e. The molecule has 0 aliphatic rings. The molecule has 0 unspecified atom stereocenters. The van der Waals surface area contributed by atoms with E-state index in [0.29, 0.717) is 71.0 Å². The first-order valence-electron chi connectivity index (χ1n) is 28.0. The maximum absolute atomic E-state index is 4.40. The zero-order chi connectivity index (χ0) is 54.8.